The molecule has 2 aliphatic heterocycles. The zero-order chi connectivity index (χ0) is 17.1. The second-order valence-electron chi connectivity index (χ2n) is 6.84. The van der Waals surface area contributed by atoms with Gasteiger partial charge in [0, 0.05) is 23.0 Å². The lowest BCUT2D eigenvalue weighted by Gasteiger charge is -2.44. The molecule has 2 aliphatic rings. The summed E-state index contributed by atoms with van der Waals surface area (Å²) in [6.45, 7) is 0. The lowest BCUT2D eigenvalue weighted by Crippen LogP contribution is -2.32. The lowest BCUT2D eigenvalue weighted by molar-refractivity contribution is 0.798. The molecule has 1 unspecified atom stereocenters. The number of aromatic nitrogens is 1. The second-order valence-corrected chi connectivity index (χ2v) is 6.84. The summed E-state index contributed by atoms with van der Waals surface area (Å²) in [5.74, 6) is 0. The number of nitrogens with zero attached hydrogens (tertiary/aromatic N) is 2. The molecule has 3 aromatic carbocycles. The highest BCUT2D eigenvalue weighted by atomic mass is 15.2. The topological polar surface area (TPSA) is 16.1 Å². The van der Waals surface area contributed by atoms with Gasteiger partial charge < -0.3 is 4.90 Å². The lowest BCUT2D eigenvalue weighted by atomic mass is 9.80. The third kappa shape index (κ3) is 1.68. The van der Waals surface area contributed by atoms with Gasteiger partial charge in [0.25, 0.3) is 0 Å². The van der Waals surface area contributed by atoms with Gasteiger partial charge in [0.05, 0.1) is 17.4 Å². The number of fused-ring (bicyclic) bond motifs is 11. The summed E-state index contributed by atoms with van der Waals surface area (Å²) < 4.78 is 0. The maximum Gasteiger partial charge on any atom is 0.0942 e. The Morgan fingerprint density at radius 1 is 0.577 bits per heavy atom. The van der Waals surface area contributed by atoms with Gasteiger partial charge in [-0.05, 0) is 34.9 Å². The SMILES string of the molecule is c1ccc2c(c1)-c1ccccc1N1c3cccnc3-c3ccccc3C21. The number of hydrogen-bond acceptors (Lipinski definition) is 2. The Morgan fingerprint density at radius 2 is 1.19 bits per heavy atom. The molecule has 0 radical (unpaired) electrons. The fourth-order valence-corrected chi connectivity index (χ4v) is 4.50. The summed E-state index contributed by atoms with van der Waals surface area (Å²) in [5, 5.41) is 0. The third-order valence-electron chi connectivity index (χ3n) is 5.52. The summed E-state index contributed by atoms with van der Waals surface area (Å²) in [4.78, 5) is 7.20. The smallest absolute Gasteiger partial charge is 0.0942 e. The molecule has 1 atom stereocenters. The summed E-state index contributed by atoms with van der Waals surface area (Å²) >= 11 is 0. The van der Waals surface area contributed by atoms with E-state index in [0.29, 0.717) is 0 Å². The number of hydrogen-bond donors (Lipinski definition) is 0. The van der Waals surface area contributed by atoms with Gasteiger partial charge >= 0.3 is 0 Å². The zero-order valence-corrected chi connectivity index (χ0v) is 14.1. The summed E-state index contributed by atoms with van der Waals surface area (Å²) in [7, 11) is 0. The van der Waals surface area contributed by atoms with Crippen molar-refractivity contribution in [1.29, 1.82) is 0 Å². The van der Waals surface area contributed by atoms with Crippen molar-refractivity contribution >= 4 is 11.4 Å². The predicted octanol–water partition coefficient (Wildman–Crippen LogP) is 5.97. The van der Waals surface area contributed by atoms with Crippen LogP contribution in [-0.2, 0) is 0 Å². The average molecular weight is 332 g/mol. The average Bonchev–Trinajstić information content (AvgIpc) is 2.73. The van der Waals surface area contributed by atoms with Gasteiger partial charge in [-0.15, -0.1) is 0 Å². The van der Waals surface area contributed by atoms with Crippen molar-refractivity contribution in [3.63, 3.8) is 0 Å². The van der Waals surface area contributed by atoms with Crippen molar-refractivity contribution in [2.45, 2.75) is 6.04 Å². The monoisotopic (exact) mass is 332 g/mol. The minimum Gasteiger partial charge on any atom is -0.327 e. The van der Waals surface area contributed by atoms with Crippen LogP contribution in [0.2, 0.25) is 0 Å². The van der Waals surface area contributed by atoms with Gasteiger partial charge in [-0.3, -0.25) is 4.98 Å². The highest BCUT2D eigenvalue weighted by Crippen LogP contribution is 2.55. The number of anilines is 2. The van der Waals surface area contributed by atoms with Crippen LogP contribution in [-0.4, -0.2) is 4.98 Å². The number of rotatable bonds is 0. The van der Waals surface area contributed by atoms with Crippen molar-refractivity contribution in [3.8, 4) is 22.4 Å². The number of benzene rings is 3. The van der Waals surface area contributed by atoms with E-state index in [-0.39, 0.29) is 6.04 Å². The molecule has 122 valence electrons. The molecule has 0 fully saturated rings. The van der Waals surface area contributed by atoms with Gasteiger partial charge in [-0.2, -0.15) is 0 Å². The van der Waals surface area contributed by atoms with E-state index in [0.717, 1.165) is 5.69 Å². The zero-order valence-electron chi connectivity index (χ0n) is 14.1. The van der Waals surface area contributed by atoms with Gasteiger partial charge in [0.15, 0.2) is 0 Å². The van der Waals surface area contributed by atoms with E-state index in [1.165, 1.54) is 39.2 Å². The molecule has 0 bridgehead atoms. The quantitative estimate of drug-likeness (QED) is 0.394. The molecule has 0 N–H and O–H groups in total. The van der Waals surface area contributed by atoms with Crippen LogP contribution in [0.25, 0.3) is 22.4 Å². The first-order valence-corrected chi connectivity index (χ1v) is 8.95. The van der Waals surface area contributed by atoms with Crippen LogP contribution in [0.4, 0.5) is 11.4 Å². The normalized spacial score (nSPS) is 16.0. The predicted molar refractivity (Wildman–Crippen MR) is 106 cm³/mol. The van der Waals surface area contributed by atoms with E-state index in [4.69, 9.17) is 4.98 Å². The number of para-hydroxylation sites is 1. The van der Waals surface area contributed by atoms with E-state index in [1.54, 1.807) is 0 Å². The van der Waals surface area contributed by atoms with Crippen LogP contribution < -0.4 is 4.90 Å². The standard InChI is InChI=1S/C24H16N2/c1-3-11-19-16(8-1)17-9-5-6-13-21(17)26-22-14-7-15-25-23(22)18-10-2-4-12-20(18)24(19)26/h1-15,24H. The van der Waals surface area contributed by atoms with E-state index in [9.17, 15) is 0 Å². The van der Waals surface area contributed by atoms with Crippen molar-refractivity contribution < 1.29 is 0 Å². The van der Waals surface area contributed by atoms with Crippen LogP contribution in [0.3, 0.4) is 0 Å². The molecule has 0 aliphatic carbocycles. The number of pyridine rings is 1. The fraction of sp³-hybridized carbons (Fsp3) is 0.0417. The molecule has 0 spiro atoms. The van der Waals surface area contributed by atoms with E-state index in [2.05, 4.69) is 83.8 Å². The minimum absolute atomic E-state index is 0.175. The Labute approximate surface area is 152 Å². The molecule has 2 heteroatoms. The molecule has 0 saturated carbocycles. The summed E-state index contributed by atoms with van der Waals surface area (Å²) in [6.07, 6.45) is 1.89. The van der Waals surface area contributed by atoms with Crippen LogP contribution in [0.5, 0.6) is 0 Å². The summed E-state index contributed by atoms with van der Waals surface area (Å²) in [6, 6.07) is 30.6. The molecule has 1 aromatic heterocycles. The van der Waals surface area contributed by atoms with Gasteiger partial charge in [-0.25, -0.2) is 0 Å². The van der Waals surface area contributed by atoms with Crippen molar-refractivity contribution in [1.82, 2.24) is 4.98 Å². The largest absolute Gasteiger partial charge is 0.327 e. The van der Waals surface area contributed by atoms with Crippen LogP contribution >= 0.6 is 0 Å². The van der Waals surface area contributed by atoms with Crippen molar-refractivity contribution in [2.75, 3.05) is 4.90 Å². The van der Waals surface area contributed by atoms with Gasteiger partial charge in [0.1, 0.15) is 0 Å². The third-order valence-corrected chi connectivity index (χ3v) is 5.52. The molecular weight excluding hydrogens is 316 g/mol. The Bertz CT molecular complexity index is 978. The van der Waals surface area contributed by atoms with Crippen LogP contribution in [0, 0.1) is 0 Å². The molecule has 6 rings (SSSR count). The Balaban J connectivity index is 1.77. The highest BCUT2D eigenvalue weighted by molar-refractivity contribution is 5.95. The molecule has 4 aromatic rings. The maximum absolute atomic E-state index is 4.74. The molecular formula is C24H16N2. The van der Waals surface area contributed by atoms with E-state index >= 15 is 0 Å². The molecule has 0 amide bonds. The first-order valence-electron chi connectivity index (χ1n) is 8.95. The Kier molecular flexibility index (Phi) is 2.69. The molecule has 0 saturated heterocycles. The van der Waals surface area contributed by atoms with Crippen molar-refractivity contribution in [2.24, 2.45) is 0 Å². The first kappa shape index (κ1) is 13.9. The Morgan fingerprint density at radius 3 is 2.04 bits per heavy atom. The maximum atomic E-state index is 4.74. The van der Waals surface area contributed by atoms with Crippen LogP contribution in [0.15, 0.2) is 91.1 Å². The van der Waals surface area contributed by atoms with Crippen molar-refractivity contribution in [3.05, 3.63) is 102 Å². The molecule has 2 nitrogen and oxygen atoms in total. The minimum atomic E-state index is 0.175. The highest BCUT2D eigenvalue weighted by Gasteiger charge is 2.38. The van der Waals surface area contributed by atoms with Gasteiger partial charge in [0.2, 0.25) is 0 Å². The molecule has 26 heavy (non-hydrogen) atoms. The van der Waals surface area contributed by atoms with Crippen LogP contribution in [0.1, 0.15) is 17.2 Å². The molecule has 3 heterocycles. The van der Waals surface area contributed by atoms with E-state index < -0.39 is 0 Å². The van der Waals surface area contributed by atoms with E-state index in [1.807, 2.05) is 12.3 Å². The summed E-state index contributed by atoms with van der Waals surface area (Å²) in [5.41, 5.74) is 10.0. The second kappa shape index (κ2) is 5.06. The first-order chi connectivity index (χ1) is 12.9. The fourth-order valence-electron chi connectivity index (χ4n) is 4.50. The Hall–Kier alpha value is -3.39. The van der Waals surface area contributed by atoms with Gasteiger partial charge in [-0.1, -0.05) is 66.7 Å².